The molecule has 6 nitrogen and oxygen atoms in total. The smallest absolute Gasteiger partial charge is 0.324 e. The molecule has 3 aromatic rings. The average Bonchev–Trinajstić information content (AvgIpc) is 2.61. The average molecular weight is 348 g/mol. The molecule has 1 N–H and O–H groups in total. The molecule has 0 aliphatic rings. The van der Waals surface area contributed by atoms with Crippen molar-refractivity contribution in [2.45, 2.75) is 26.8 Å². The highest BCUT2D eigenvalue weighted by molar-refractivity contribution is 5.93. The molecule has 0 fully saturated rings. The van der Waals surface area contributed by atoms with Gasteiger partial charge in [-0.2, -0.15) is 10.1 Å². The van der Waals surface area contributed by atoms with Gasteiger partial charge in [0.1, 0.15) is 6.04 Å². The first-order valence-corrected chi connectivity index (χ1v) is 8.34. The molecule has 0 spiro atoms. The van der Waals surface area contributed by atoms with Crippen LogP contribution in [0.2, 0.25) is 0 Å². The molecule has 1 unspecified atom stereocenters. The molecular weight excluding hydrogens is 328 g/mol. The number of rotatable bonds is 4. The van der Waals surface area contributed by atoms with Crippen LogP contribution in [0.25, 0.3) is 11.3 Å². The summed E-state index contributed by atoms with van der Waals surface area (Å²) in [6.45, 7) is 5.55. The Morgan fingerprint density at radius 3 is 2.46 bits per heavy atom. The fourth-order valence-electron chi connectivity index (χ4n) is 2.56. The Balaban J connectivity index is 1.81. The molecule has 0 aliphatic carbocycles. The quantitative estimate of drug-likeness (QED) is 0.786. The first-order valence-electron chi connectivity index (χ1n) is 8.34. The maximum atomic E-state index is 12.4. The van der Waals surface area contributed by atoms with Gasteiger partial charge in [0.25, 0.3) is 0 Å². The number of hydrogen-bond donors (Lipinski definition) is 1. The van der Waals surface area contributed by atoms with Crippen LogP contribution in [-0.4, -0.2) is 20.7 Å². The molecule has 0 radical (unpaired) electrons. The van der Waals surface area contributed by atoms with E-state index in [2.05, 4.69) is 15.4 Å². The van der Waals surface area contributed by atoms with Gasteiger partial charge in [-0.25, -0.2) is 9.48 Å². The zero-order chi connectivity index (χ0) is 18.7. The minimum atomic E-state index is -0.775. The SMILES string of the molecule is Cc1ccc(-c2cnn(C(C)C(=O)Nc3cccc(C)c3)c(=O)n2)cc1. The maximum absolute atomic E-state index is 12.4. The van der Waals surface area contributed by atoms with Crippen LogP contribution >= 0.6 is 0 Å². The van der Waals surface area contributed by atoms with Gasteiger partial charge < -0.3 is 5.32 Å². The highest BCUT2D eigenvalue weighted by Crippen LogP contribution is 2.16. The van der Waals surface area contributed by atoms with Crippen molar-refractivity contribution in [3.63, 3.8) is 0 Å². The van der Waals surface area contributed by atoms with E-state index < -0.39 is 11.7 Å². The summed E-state index contributed by atoms with van der Waals surface area (Å²) in [4.78, 5) is 28.8. The number of carbonyl (C=O) groups is 1. The molecule has 2 aromatic carbocycles. The number of nitrogens with one attached hydrogen (secondary N) is 1. The van der Waals surface area contributed by atoms with Crippen LogP contribution in [0.4, 0.5) is 5.69 Å². The first-order chi connectivity index (χ1) is 12.4. The minimum absolute atomic E-state index is 0.324. The molecule has 0 saturated carbocycles. The van der Waals surface area contributed by atoms with E-state index >= 15 is 0 Å². The van der Waals surface area contributed by atoms with Gasteiger partial charge in [-0.3, -0.25) is 4.79 Å². The van der Waals surface area contributed by atoms with Crippen molar-refractivity contribution in [3.05, 3.63) is 76.3 Å². The van der Waals surface area contributed by atoms with Crippen LogP contribution in [0.1, 0.15) is 24.1 Å². The molecule has 132 valence electrons. The molecule has 3 rings (SSSR count). The van der Waals surface area contributed by atoms with Gasteiger partial charge in [-0.1, -0.05) is 42.0 Å². The van der Waals surface area contributed by atoms with Crippen LogP contribution in [0.15, 0.2) is 59.5 Å². The zero-order valence-electron chi connectivity index (χ0n) is 14.9. The van der Waals surface area contributed by atoms with Gasteiger partial charge >= 0.3 is 5.69 Å². The van der Waals surface area contributed by atoms with Crippen LogP contribution in [0, 0.1) is 13.8 Å². The van der Waals surface area contributed by atoms with E-state index in [-0.39, 0.29) is 5.91 Å². The van der Waals surface area contributed by atoms with Gasteiger partial charge in [-0.05, 0) is 38.5 Å². The van der Waals surface area contributed by atoms with Crippen LogP contribution in [0.3, 0.4) is 0 Å². The Morgan fingerprint density at radius 1 is 1.08 bits per heavy atom. The van der Waals surface area contributed by atoms with Crippen LogP contribution in [-0.2, 0) is 4.79 Å². The number of nitrogens with zero attached hydrogens (tertiary/aromatic N) is 3. The number of aryl methyl sites for hydroxylation is 2. The number of carbonyl (C=O) groups excluding carboxylic acids is 1. The van der Waals surface area contributed by atoms with E-state index in [1.807, 2.05) is 56.3 Å². The predicted octanol–water partition coefficient (Wildman–Crippen LogP) is 3.12. The van der Waals surface area contributed by atoms with E-state index in [1.165, 1.54) is 6.20 Å². The molecule has 1 amide bonds. The van der Waals surface area contributed by atoms with Crippen molar-refractivity contribution in [2.75, 3.05) is 5.32 Å². The molecule has 26 heavy (non-hydrogen) atoms. The summed E-state index contributed by atoms with van der Waals surface area (Å²) in [6.07, 6.45) is 1.50. The Morgan fingerprint density at radius 2 is 1.81 bits per heavy atom. The Hall–Kier alpha value is -3.28. The fourth-order valence-corrected chi connectivity index (χ4v) is 2.56. The third kappa shape index (κ3) is 3.85. The van der Waals surface area contributed by atoms with Gasteiger partial charge in [0.15, 0.2) is 0 Å². The molecular formula is C20H20N4O2. The topological polar surface area (TPSA) is 76.9 Å². The number of amides is 1. The monoisotopic (exact) mass is 348 g/mol. The number of benzene rings is 2. The van der Waals surface area contributed by atoms with E-state index in [9.17, 15) is 9.59 Å². The van der Waals surface area contributed by atoms with Crippen molar-refractivity contribution in [1.82, 2.24) is 14.8 Å². The second-order valence-corrected chi connectivity index (χ2v) is 6.27. The molecule has 6 heteroatoms. The third-order valence-electron chi connectivity index (χ3n) is 4.10. The molecule has 1 aromatic heterocycles. The van der Waals surface area contributed by atoms with E-state index in [1.54, 1.807) is 13.0 Å². The molecule has 0 bridgehead atoms. The van der Waals surface area contributed by atoms with Crippen LogP contribution < -0.4 is 11.0 Å². The summed E-state index contributed by atoms with van der Waals surface area (Å²) < 4.78 is 1.09. The summed E-state index contributed by atoms with van der Waals surface area (Å²) in [6, 6.07) is 14.3. The van der Waals surface area contributed by atoms with Crippen molar-refractivity contribution < 1.29 is 4.79 Å². The summed E-state index contributed by atoms with van der Waals surface area (Å²) >= 11 is 0. The number of aromatic nitrogens is 3. The van der Waals surface area contributed by atoms with E-state index in [0.717, 1.165) is 21.4 Å². The molecule has 1 heterocycles. The molecule has 1 atom stereocenters. The highest BCUT2D eigenvalue weighted by Gasteiger charge is 2.18. The largest absolute Gasteiger partial charge is 0.365 e. The lowest BCUT2D eigenvalue weighted by Gasteiger charge is -2.14. The normalized spacial score (nSPS) is 11.8. The summed E-state index contributed by atoms with van der Waals surface area (Å²) in [5.41, 5.74) is 3.57. The third-order valence-corrected chi connectivity index (χ3v) is 4.10. The Kier molecular flexibility index (Phi) is 4.93. The zero-order valence-corrected chi connectivity index (χ0v) is 14.9. The fraction of sp³-hybridized carbons (Fsp3) is 0.200. The minimum Gasteiger partial charge on any atom is -0.324 e. The Labute approximate surface area is 151 Å². The first kappa shape index (κ1) is 17.5. The van der Waals surface area contributed by atoms with Crippen molar-refractivity contribution in [1.29, 1.82) is 0 Å². The number of anilines is 1. The summed E-state index contributed by atoms with van der Waals surface area (Å²) in [7, 11) is 0. The van der Waals surface area contributed by atoms with Gasteiger partial charge in [0.2, 0.25) is 5.91 Å². The lowest BCUT2D eigenvalue weighted by molar-refractivity contribution is -0.119. The lowest BCUT2D eigenvalue weighted by atomic mass is 10.1. The standard InChI is InChI=1S/C20H20N4O2/c1-13-7-9-16(10-8-13)18-12-21-24(20(26)23-18)15(3)19(25)22-17-6-4-5-14(2)11-17/h4-12,15H,1-3H3,(H,22,25). The van der Waals surface area contributed by atoms with Gasteiger partial charge in [-0.15, -0.1) is 0 Å². The van der Waals surface area contributed by atoms with Crippen molar-refractivity contribution >= 4 is 11.6 Å². The second-order valence-electron chi connectivity index (χ2n) is 6.27. The number of hydrogen-bond acceptors (Lipinski definition) is 4. The molecule has 0 saturated heterocycles. The maximum Gasteiger partial charge on any atom is 0.365 e. The summed E-state index contributed by atoms with van der Waals surface area (Å²) in [5, 5.41) is 6.93. The Bertz CT molecular complexity index is 993. The predicted molar refractivity (Wildman–Crippen MR) is 101 cm³/mol. The van der Waals surface area contributed by atoms with Gasteiger partial charge in [0, 0.05) is 11.3 Å². The van der Waals surface area contributed by atoms with E-state index in [4.69, 9.17) is 0 Å². The lowest BCUT2D eigenvalue weighted by Crippen LogP contribution is -2.34. The van der Waals surface area contributed by atoms with E-state index in [0.29, 0.717) is 11.4 Å². The van der Waals surface area contributed by atoms with Crippen molar-refractivity contribution in [2.24, 2.45) is 0 Å². The van der Waals surface area contributed by atoms with Crippen LogP contribution in [0.5, 0.6) is 0 Å². The summed E-state index contributed by atoms with van der Waals surface area (Å²) in [5.74, 6) is -0.324. The molecule has 0 aliphatic heterocycles. The van der Waals surface area contributed by atoms with Gasteiger partial charge in [0.05, 0.1) is 11.9 Å². The van der Waals surface area contributed by atoms with Crippen molar-refractivity contribution in [3.8, 4) is 11.3 Å². The highest BCUT2D eigenvalue weighted by atomic mass is 16.2. The second kappa shape index (κ2) is 7.31.